The average Bonchev–Trinajstić information content (AvgIpc) is 3.07. The lowest BCUT2D eigenvalue weighted by Gasteiger charge is -2.26. The highest BCUT2D eigenvalue weighted by Gasteiger charge is 2.25. The van der Waals surface area contributed by atoms with Crippen LogP contribution in [0.5, 0.6) is 17.2 Å². The fourth-order valence-electron chi connectivity index (χ4n) is 2.67. The van der Waals surface area contributed by atoms with Crippen molar-refractivity contribution in [1.82, 2.24) is 5.32 Å². The first-order chi connectivity index (χ1) is 12.4. The number of benzene rings is 2. The van der Waals surface area contributed by atoms with Crippen LogP contribution in [0.1, 0.15) is 29.8 Å². The minimum Gasteiger partial charge on any atom is -0.454 e. The molecule has 2 aromatic rings. The number of fused-ring (bicyclic) bond motifs is 1. The predicted octanol–water partition coefficient (Wildman–Crippen LogP) is 3.72. The quantitative estimate of drug-likeness (QED) is 0.850. The molecule has 0 saturated heterocycles. The molecule has 0 spiro atoms. The molecule has 1 aliphatic heterocycles. The zero-order valence-electron chi connectivity index (χ0n) is 14.4. The van der Waals surface area contributed by atoms with E-state index in [-0.39, 0.29) is 18.1 Å². The Morgan fingerprint density at radius 1 is 1.19 bits per heavy atom. The van der Waals surface area contributed by atoms with Crippen LogP contribution >= 0.6 is 0 Å². The summed E-state index contributed by atoms with van der Waals surface area (Å²) in [7, 11) is 0. The van der Waals surface area contributed by atoms with E-state index in [1.807, 2.05) is 32.0 Å². The van der Waals surface area contributed by atoms with Gasteiger partial charge in [0.25, 0.3) is 5.91 Å². The topological polar surface area (TPSA) is 56.8 Å². The van der Waals surface area contributed by atoms with Gasteiger partial charge in [0, 0.05) is 12.0 Å². The van der Waals surface area contributed by atoms with Crippen molar-refractivity contribution >= 4 is 5.91 Å². The summed E-state index contributed by atoms with van der Waals surface area (Å²) in [6.07, 6.45) is 0. The van der Waals surface area contributed by atoms with Gasteiger partial charge in [-0.15, -0.1) is 0 Å². The van der Waals surface area contributed by atoms with Crippen molar-refractivity contribution in [1.29, 1.82) is 0 Å². The number of halogens is 2. The second-order valence-electron chi connectivity index (χ2n) is 6.51. The molecule has 0 atom stereocenters. The van der Waals surface area contributed by atoms with Gasteiger partial charge in [-0.05, 0) is 29.8 Å². The Kier molecular flexibility index (Phi) is 4.97. The maximum absolute atomic E-state index is 12.5. The van der Waals surface area contributed by atoms with Gasteiger partial charge in [0.2, 0.25) is 6.79 Å². The van der Waals surface area contributed by atoms with E-state index in [2.05, 4.69) is 10.1 Å². The lowest BCUT2D eigenvalue weighted by molar-refractivity contribution is -0.0501. The van der Waals surface area contributed by atoms with E-state index >= 15 is 0 Å². The third kappa shape index (κ3) is 3.87. The summed E-state index contributed by atoms with van der Waals surface area (Å²) in [6, 6.07) is 11.5. The monoisotopic (exact) mass is 363 g/mol. The molecular weight excluding hydrogens is 344 g/mol. The van der Waals surface area contributed by atoms with E-state index in [1.54, 1.807) is 6.07 Å². The molecule has 1 amide bonds. The second-order valence-corrected chi connectivity index (χ2v) is 6.51. The van der Waals surface area contributed by atoms with Crippen LogP contribution in [-0.2, 0) is 5.41 Å². The Morgan fingerprint density at radius 2 is 1.92 bits per heavy atom. The van der Waals surface area contributed by atoms with Gasteiger partial charge < -0.3 is 19.5 Å². The van der Waals surface area contributed by atoms with E-state index in [0.29, 0.717) is 18.0 Å². The summed E-state index contributed by atoms with van der Waals surface area (Å²) in [6.45, 7) is 1.43. The zero-order chi connectivity index (χ0) is 18.7. The number of hydrogen-bond acceptors (Lipinski definition) is 4. The fourth-order valence-corrected chi connectivity index (χ4v) is 2.67. The molecule has 0 unspecified atom stereocenters. The molecule has 5 nitrogen and oxygen atoms in total. The standard InChI is InChI=1S/C19H19F2NO4/c1-19(2,12-7-8-15-16(9-12)25-11-24-15)10-22-17(23)13-5-3-4-6-14(13)26-18(20)21/h3-9,18H,10-11H2,1-2H3,(H,22,23). The molecule has 3 rings (SSSR count). The summed E-state index contributed by atoms with van der Waals surface area (Å²) in [4.78, 5) is 12.4. The van der Waals surface area contributed by atoms with Crippen molar-refractivity contribution in [2.45, 2.75) is 25.9 Å². The Balaban J connectivity index is 1.71. The van der Waals surface area contributed by atoms with Crippen LogP contribution < -0.4 is 19.5 Å². The van der Waals surface area contributed by atoms with Crippen LogP contribution in [0.3, 0.4) is 0 Å². The molecule has 0 radical (unpaired) electrons. The van der Waals surface area contributed by atoms with E-state index < -0.39 is 17.9 Å². The fraction of sp³-hybridized carbons (Fsp3) is 0.316. The van der Waals surface area contributed by atoms with Crippen molar-refractivity contribution in [3.8, 4) is 17.2 Å². The SMILES string of the molecule is CC(C)(CNC(=O)c1ccccc1OC(F)F)c1ccc2c(c1)OCO2. The molecule has 2 aromatic carbocycles. The maximum Gasteiger partial charge on any atom is 0.387 e. The van der Waals surface area contributed by atoms with Crippen molar-refractivity contribution < 1.29 is 27.8 Å². The number of carbonyl (C=O) groups excluding carboxylic acids is 1. The summed E-state index contributed by atoms with van der Waals surface area (Å²) in [5.41, 5.74) is 0.614. The van der Waals surface area contributed by atoms with E-state index in [0.717, 1.165) is 5.56 Å². The molecule has 0 aliphatic carbocycles. The van der Waals surface area contributed by atoms with Gasteiger partial charge in [0.15, 0.2) is 11.5 Å². The Bertz CT molecular complexity index is 808. The molecule has 1 aliphatic rings. The summed E-state index contributed by atoms with van der Waals surface area (Å²) in [5, 5.41) is 2.78. The number of carbonyl (C=O) groups is 1. The van der Waals surface area contributed by atoms with Gasteiger partial charge in [-0.25, -0.2) is 0 Å². The van der Waals surface area contributed by atoms with Gasteiger partial charge in [-0.1, -0.05) is 32.0 Å². The lowest BCUT2D eigenvalue weighted by atomic mass is 9.84. The molecule has 1 N–H and O–H groups in total. The molecule has 0 saturated carbocycles. The number of amides is 1. The second kappa shape index (κ2) is 7.19. The Morgan fingerprint density at radius 3 is 2.69 bits per heavy atom. The molecule has 0 fully saturated rings. The van der Waals surface area contributed by atoms with Gasteiger partial charge >= 0.3 is 6.61 Å². The van der Waals surface area contributed by atoms with Gasteiger partial charge in [-0.3, -0.25) is 4.79 Å². The lowest BCUT2D eigenvalue weighted by Crippen LogP contribution is -2.36. The van der Waals surface area contributed by atoms with Crippen LogP contribution in [0.25, 0.3) is 0 Å². The van der Waals surface area contributed by atoms with Crippen LogP contribution in [-0.4, -0.2) is 25.9 Å². The van der Waals surface area contributed by atoms with Crippen molar-refractivity contribution in [2.75, 3.05) is 13.3 Å². The normalized spacial score (nSPS) is 13.0. The highest BCUT2D eigenvalue weighted by atomic mass is 19.3. The van der Waals surface area contributed by atoms with Gasteiger partial charge in [0.05, 0.1) is 5.56 Å². The van der Waals surface area contributed by atoms with E-state index in [9.17, 15) is 13.6 Å². The number of hydrogen-bond donors (Lipinski definition) is 1. The smallest absolute Gasteiger partial charge is 0.387 e. The number of ether oxygens (including phenoxy) is 3. The zero-order valence-corrected chi connectivity index (χ0v) is 14.4. The highest BCUT2D eigenvalue weighted by molar-refractivity contribution is 5.96. The van der Waals surface area contributed by atoms with Crippen LogP contribution in [0.15, 0.2) is 42.5 Å². The highest BCUT2D eigenvalue weighted by Crippen LogP contribution is 2.36. The minimum atomic E-state index is -2.99. The largest absolute Gasteiger partial charge is 0.454 e. The number of rotatable bonds is 6. The maximum atomic E-state index is 12.5. The number of alkyl halides is 2. The molecule has 7 heteroatoms. The Hall–Kier alpha value is -2.83. The average molecular weight is 363 g/mol. The van der Waals surface area contributed by atoms with Gasteiger partial charge in [0.1, 0.15) is 5.75 Å². The number of para-hydroxylation sites is 1. The predicted molar refractivity (Wildman–Crippen MR) is 91.0 cm³/mol. The third-order valence-electron chi connectivity index (χ3n) is 4.19. The molecular formula is C19H19F2NO4. The third-order valence-corrected chi connectivity index (χ3v) is 4.19. The van der Waals surface area contributed by atoms with E-state index in [4.69, 9.17) is 9.47 Å². The van der Waals surface area contributed by atoms with Crippen LogP contribution in [0.2, 0.25) is 0 Å². The van der Waals surface area contributed by atoms with Crippen LogP contribution in [0, 0.1) is 0 Å². The first-order valence-electron chi connectivity index (χ1n) is 8.09. The van der Waals surface area contributed by atoms with Crippen molar-refractivity contribution in [3.63, 3.8) is 0 Å². The Labute approximate surface area is 149 Å². The molecule has 0 bridgehead atoms. The van der Waals surface area contributed by atoms with E-state index in [1.165, 1.54) is 18.2 Å². The summed E-state index contributed by atoms with van der Waals surface area (Å²) >= 11 is 0. The first-order valence-corrected chi connectivity index (χ1v) is 8.09. The number of nitrogens with one attached hydrogen (secondary N) is 1. The van der Waals surface area contributed by atoms with Crippen molar-refractivity contribution in [3.05, 3.63) is 53.6 Å². The van der Waals surface area contributed by atoms with Crippen LogP contribution in [0.4, 0.5) is 8.78 Å². The van der Waals surface area contributed by atoms with Gasteiger partial charge in [-0.2, -0.15) is 8.78 Å². The molecule has 26 heavy (non-hydrogen) atoms. The first kappa shape index (κ1) is 18.0. The molecule has 138 valence electrons. The minimum absolute atomic E-state index is 0.0642. The van der Waals surface area contributed by atoms with Crippen molar-refractivity contribution in [2.24, 2.45) is 0 Å². The molecule has 1 heterocycles. The molecule has 0 aromatic heterocycles. The summed E-state index contributed by atoms with van der Waals surface area (Å²) in [5.74, 6) is 0.722. The summed E-state index contributed by atoms with van der Waals surface area (Å²) < 4.78 is 40.1.